The normalized spacial score (nSPS) is 17.3. The Morgan fingerprint density at radius 2 is 1.29 bits per heavy atom. The van der Waals surface area contributed by atoms with Crippen LogP contribution in [0.25, 0.3) is 0 Å². The number of hydrogen-bond donors (Lipinski definition) is 5. The second-order valence-electron chi connectivity index (χ2n) is 10.5. The molecule has 2 amide bonds. The summed E-state index contributed by atoms with van der Waals surface area (Å²) in [6, 6.07) is 13.2. The molecule has 4 aromatic rings. The lowest BCUT2D eigenvalue weighted by Gasteiger charge is -2.25. The fourth-order valence-electron chi connectivity index (χ4n) is 4.93. The van der Waals surface area contributed by atoms with Gasteiger partial charge in [-0.1, -0.05) is 53.4 Å². The molecule has 18 heteroatoms. The maximum Gasteiger partial charge on any atom is 0.259 e. The molecule has 0 spiro atoms. The minimum atomic E-state index is -3.37. The van der Waals surface area contributed by atoms with Gasteiger partial charge in [0, 0.05) is 23.2 Å². The third-order valence-corrected chi connectivity index (χ3v) is 9.91. The van der Waals surface area contributed by atoms with E-state index in [0.29, 0.717) is 21.6 Å². The predicted molar refractivity (Wildman–Crippen MR) is 174 cm³/mol. The molecular formula is C27H30N8O6S4. The summed E-state index contributed by atoms with van der Waals surface area (Å²) in [6.07, 6.45) is 4.96. The molecule has 2 aromatic carbocycles. The van der Waals surface area contributed by atoms with Crippen molar-refractivity contribution in [1.82, 2.24) is 20.4 Å². The zero-order valence-corrected chi connectivity index (χ0v) is 27.2. The Hall–Kier alpha value is -3.84. The fraction of sp³-hybridized carbons (Fsp3) is 0.333. The number of sulfonamides is 1. The summed E-state index contributed by atoms with van der Waals surface area (Å²) < 4.78 is 47.3. The lowest BCUT2D eigenvalue weighted by atomic mass is 9.82. The SMILES string of the molecule is CS(=O)(=O)Nc1ccc(CC(=O)Nc2nnc([C@H]3CCC[C@H](c4nnc(NC(=O)Cc5ccc(NS(=O)O)cc5)s4)C3)s2)cc1. The highest BCUT2D eigenvalue weighted by Gasteiger charge is 2.29. The monoisotopic (exact) mass is 690 g/mol. The van der Waals surface area contributed by atoms with Crippen molar-refractivity contribution in [2.45, 2.75) is 50.4 Å². The van der Waals surface area contributed by atoms with Crippen molar-refractivity contribution >= 4 is 77.4 Å². The zero-order chi connectivity index (χ0) is 32.0. The summed E-state index contributed by atoms with van der Waals surface area (Å²) >= 11 is 0.541. The van der Waals surface area contributed by atoms with Gasteiger partial charge in [-0.25, -0.2) is 12.6 Å². The van der Waals surface area contributed by atoms with Gasteiger partial charge in [0.25, 0.3) is 11.3 Å². The number of aromatic nitrogens is 4. The van der Waals surface area contributed by atoms with E-state index in [4.69, 9.17) is 4.55 Å². The van der Waals surface area contributed by atoms with E-state index < -0.39 is 21.3 Å². The van der Waals surface area contributed by atoms with Crippen LogP contribution in [-0.2, 0) is 43.7 Å². The molecule has 0 radical (unpaired) electrons. The van der Waals surface area contributed by atoms with Crippen LogP contribution >= 0.6 is 22.7 Å². The van der Waals surface area contributed by atoms with Gasteiger partial charge in [0.05, 0.1) is 19.1 Å². The van der Waals surface area contributed by atoms with Crippen LogP contribution in [0.15, 0.2) is 48.5 Å². The number of carbonyl (C=O) groups is 2. The highest BCUT2D eigenvalue weighted by Crippen LogP contribution is 2.43. The van der Waals surface area contributed by atoms with E-state index in [2.05, 4.69) is 40.5 Å². The second kappa shape index (κ2) is 14.5. The first kappa shape index (κ1) is 32.6. The first-order valence-electron chi connectivity index (χ1n) is 13.8. The van der Waals surface area contributed by atoms with Gasteiger partial charge in [-0.15, -0.1) is 20.4 Å². The van der Waals surface area contributed by atoms with Crippen molar-refractivity contribution in [3.63, 3.8) is 0 Å². The number of amides is 2. The Balaban J connectivity index is 1.11. The molecule has 5 rings (SSSR count). The van der Waals surface area contributed by atoms with Crippen LogP contribution in [0.1, 0.15) is 58.7 Å². The highest BCUT2D eigenvalue weighted by molar-refractivity contribution is 7.92. The Morgan fingerprint density at radius 1 is 0.822 bits per heavy atom. The molecule has 0 bridgehead atoms. The van der Waals surface area contributed by atoms with Gasteiger partial charge in [0.15, 0.2) is 0 Å². The molecule has 2 heterocycles. The summed E-state index contributed by atoms with van der Waals surface area (Å²) in [5, 5.41) is 25.2. The van der Waals surface area contributed by atoms with Crippen molar-refractivity contribution in [3.05, 3.63) is 69.7 Å². The quantitative estimate of drug-likeness (QED) is 0.135. The highest BCUT2D eigenvalue weighted by atomic mass is 32.2. The molecule has 238 valence electrons. The molecular weight excluding hydrogens is 661 g/mol. The molecule has 14 nitrogen and oxygen atoms in total. The standard InChI is InChI=1S/C27H30N8O6S4/c1-45(40,41)35-21-11-7-17(8-12-21)14-23(37)29-27-33-31-25(43-27)19-4-2-3-18(15-19)24-30-32-26(42-24)28-22(36)13-16-5-9-20(10-6-16)34-44(38)39/h5-12,18-19,34-35H,2-4,13-15H2,1H3,(H,38,39)(H,28,32,36)(H,29,33,37)/t18-,19-/m0/s1. The van der Waals surface area contributed by atoms with Gasteiger partial charge in [0.1, 0.15) is 10.0 Å². The van der Waals surface area contributed by atoms with E-state index in [1.54, 1.807) is 48.5 Å². The van der Waals surface area contributed by atoms with Crippen LogP contribution < -0.4 is 20.1 Å². The van der Waals surface area contributed by atoms with E-state index in [0.717, 1.165) is 53.1 Å². The van der Waals surface area contributed by atoms with E-state index in [1.807, 2.05) is 0 Å². The van der Waals surface area contributed by atoms with Gasteiger partial charge in [-0.2, -0.15) is 0 Å². The molecule has 1 fully saturated rings. The molecule has 0 aliphatic heterocycles. The molecule has 1 saturated carbocycles. The fourth-order valence-corrected chi connectivity index (χ4v) is 7.65. The average molecular weight is 691 g/mol. The van der Waals surface area contributed by atoms with Gasteiger partial charge in [0.2, 0.25) is 32.1 Å². The van der Waals surface area contributed by atoms with E-state index in [9.17, 15) is 22.2 Å². The smallest absolute Gasteiger partial charge is 0.259 e. The van der Waals surface area contributed by atoms with Gasteiger partial charge in [-0.05, 0) is 54.7 Å². The van der Waals surface area contributed by atoms with Crippen LogP contribution in [-0.4, -0.2) is 55.6 Å². The summed E-state index contributed by atoms with van der Waals surface area (Å²) in [7, 11) is -3.37. The largest absolute Gasteiger partial charge is 0.300 e. The van der Waals surface area contributed by atoms with Gasteiger partial charge in [-0.3, -0.25) is 23.6 Å². The Kier molecular flexibility index (Phi) is 10.5. The average Bonchev–Trinajstić information content (AvgIpc) is 3.64. The zero-order valence-electron chi connectivity index (χ0n) is 23.9. The molecule has 5 N–H and O–H groups in total. The summed E-state index contributed by atoms with van der Waals surface area (Å²) in [4.78, 5) is 25.2. The molecule has 2 aromatic heterocycles. The first-order chi connectivity index (χ1) is 21.5. The lowest BCUT2D eigenvalue weighted by Crippen LogP contribution is -2.14. The lowest BCUT2D eigenvalue weighted by molar-refractivity contribution is -0.116. The predicted octanol–water partition coefficient (Wildman–Crippen LogP) is 4.11. The van der Waals surface area contributed by atoms with Crippen molar-refractivity contribution in [2.24, 2.45) is 0 Å². The van der Waals surface area contributed by atoms with E-state index >= 15 is 0 Å². The molecule has 45 heavy (non-hydrogen) atoms. The van der Waals surface area contributed by atoms with Crippen LogP contribution in [0.5, 0.6) is 0 Å². The summed E-state index contributed by atoms with van der Waals surface area (Å²) in [5.41, 5.74) is 2.37. The van der Waals surface area contributed by atoms with Crippen LogP contribution in [0, 0.1) is 0 Å². The van der Waals surface area contributed by atoms with E-state index in [1.165, 1.54) is 22.7 Å². The van der Waals surface area contributed by atoms with Crippen molar-refractivity contribution in [3.8, 4) is 0 Å². The minimum Gasteiger partial charge on any atom is -0.300 e. The Bertz CT molecular complexity index is 1780. The number of carbonyl (C=O) groups excluding carboxylic acids is 2. The number of nitrogens with zero attached hydrogens (tertiary/aromatic N) is 4. The number of hydrogen-bond acceptors (Lipinski definition) is 11. The molecule has 0 saturated heterocycles. The first-order valence-corrected chi connectivity index (χ1v) is 18.4. The third-order valence-electron chi connectivity index (χ3n) is 6.89. The summed E-state index contributed by atoms with van der Waals surface area (Å²) in [5.74, 6) is -0.175. The Labute approximate surface area is 270 Å². The molecule has 1 unspecified atom stereocenters. The van der Waals surface area contributed by atoms with Crippen molar-refractivity contribution < 1.29 is 26.8 Å². The Morgan fingerprint density at radius 3 is 1.73 bits per heavy atom. The van der Waals surface area contributed by atoms with Gasteiger partial charge < -0.3 is 10.6 Å². The molecule has 3 atom stereocenters. The minimum absolute atomic E-state index is 0.104. The maximum absolute atomic E-state index is 12.6. The number of benzene rings is 2. The molecule has 1 aliphatic carbocycles. The topological polar surface area (TPSA) is 205 Å². The van der Waals surface area contributed by atoms with Gasteiger partial charge >= 0.3 is 0 Å². The van der Waals surface area contributed by atoms with Crippen LogP contribution in [0.4, 0.5) is 21.6 Å². The third kappa shape index (κ3) is 9.82. The molecule has 1 aliphatic rings. The van der Waals surface area contributed by atoms with Crippen molar-refractivity contribution in [1.29, 1.82) is 0 Å². The number of rotatable bonds is 12. The van der Waals surface area contributed by atoms with Crippen LogP contribution in [0.2, 0.25) is 0 Å². The number of anilines is 4. The summed E-state index contributed by atoms with van der Waals surface area (Å²) in [6.45, 7) is 0. The second-order valence-corrected chi connectivity index (χ2v) is 15.0. The van der Waals surface area contributed by atoms with Crippen LogP contribution in [0.3, 0.4) is 0 Å². The van der Waals surface area contributed by atoms with Crippen molar-refractivity contribution in [2.75, 3.05) is 26.3 Å². The number of nitrogens with one attached hydrogen (secondary N) is 4. The van der Waals surface area contributed by atoms with E-state index in [-0.39, 0.29) is 36.5 Å². The maximum atomic E-state index is 12.6.